The van der Waals surface area contributed by atoms with E-state index < -0.39 is 8.07 Å². The predicted octanol–water partition coefficient (Wildman–Crippen LogP) is 8.23. The molecule has 7 rings (SSSR count). The number of nitrogens with one attached hydrogen (secondary N) is 1. The summed E-state index contributed by atoms with van der Waals surface area (Å²) in [6.07, 6.45) is 12.7. The van der Waals surface area contributed by atoms with E-state index in [9.17, 15) is 0 Å². The Hall–Kier alpha value is -3.21. The van der Waals surface area contributed by atoms with Crippen LogP contribution in [0.25, 0.3) is 0 Å². The Balaban J connectivity index is 0.000000239. The topological polar surface area (TPSA) is 51.0 Å². The van der Waals surface area contributed by atoms with Crippen LogP contribution < -0.4 is 21.7 Å². The SMILES string of the molecule is C/C=C/C(C)Nc1ccccc1.Nc1ccccc1.[CH+]=C/C=C/C.[CH2-]N1CCN2CCN3CCN([PH+](c4ccccc4)c4ccccc4)C3[CH-]C12.[Cl][Rh+2]. The van der Waals surface area contributed by atoms with E-state index in [2.05, 4.69) is 140 Å². The zero-order valence-electron chi connectivity index (χ0n) is 31.3. The van der Waals surface area contributed by atoms with Crippen LogP contribution in [0, 0.1) is 20.0 Å². The molecule has 0 aliphatic carbocycles. The van der Waals surface area contributed by atoms with Crippen molar-refractivity contribution < 1.29 is 17.3 Å². The van der Waals surface area contributed by atoms with Crippen LogP contribution in [0.15, 0.2) is 152 Å². The van der Waals surface area contributed by atoms with E-state index in [1.54, 1.807) is 6.08 Å². The van der Waals surface area contributed by atoms with Gasteiger partial charge < -0.3 is 25.8 Å². The van der Waals surface area contributed by atoms with Gasteiger partial charge in [-0.25, -0.2) is 0 Å². The van der Waals surface area contributed by atoms with Gasteiger partial charge in [0.25, 0.3) is 0 Å². The Bertz CT molecular complexity index is 1540. The van der Waals surface area contributed by atoms with Gasteiger partial charge in [-0.1, -0.05) is 91.1 Å². The van der Waals surface area contributed by atoms with Crippen molar-refractivity contribution in [1.82, 2.24) is 19.4 Å². The van der Waals surface area contributed by atoms with Gasteiger partial charge in [0.05, 0.1) is 6.08 Å². The van der Waals surface area contributed by atoms with Crippen molar-refractivity contribution in [3.05, 3.63) is 172 Å². The third-order valence-corrected chi connectivity index (χ3v) is 11.7. The molecule has 3 heterocycles. The summed E-state index contributed by atoms with van der Waals surface area (Å²) in [6, 6.07) is 42.4. The van der Waals surface area contributed by atoms with Crippen molar-refractivity contribution >= 4 is 39.7 Å². The van der Waals surface area contributed by atoms with E-state index in [-0.39, 0.29) is 0 Å². The zero-order valence-corrected chi connectivity index (χ0v) is 34.7. The number of fused-ring (bicyclic) bond motifs is 2. The number of nitrogens with zero attached hydrogens (tertiary/aromatic N) is 4. The van der Waals surface area contributed by atoms with Gasteiger partial charge in [0.2, 0.25) is 0 Å². The maximum atomic E-state index is 5.36. The number of allylic oxidation sites excluding steroid dienone is 4. The Morgan fingerprint density at radius 2 is 1.23 bits per heavy atom. The molecule has 0 spiro atoms. The van der Waals surface area contributed by atoms with Crippen LogP contribution in [0.3, 0.4) is 0 Å². The molecule has 0 aromatic heterocycles. The molecule has 3 N–H and O–H groups in total. The molecule has 3 saturated heterocycles. The van der Waals surface area contributed by atoms with Crippen LogP contribution >= 0.6 is 17.8 Å². The second-order valence-electron chi connectivity index (χ2n) is 12.6. The molecular weight excluding hydrogens is 782 g/mol. The van der Waals surface area contributed by atoms with Crippen LogP contribution in [0.4, 0.5) is 11.4 Å². The Morgan fingerprint density at radius 3 is 1.68 bits per heavy atom. The molecule has 4 aromatic carbocycles. The molecule has 0 radical (unpaired) electrons. The van der Waals surface area contributed by atoms with Crippen LogP contribution in [-0.4, -0.2) is 77.0 Å². The summed E-state index contributed by atoms with van der Waals surface area (Å²) >= 11 is 2.02. The number of benzene rings is 4. The van der Waals surface area contributed by atoms with Crippen LogP contribution in [0.1, 0.15) is 20.8 Å². The first kappa shape index (κ1) is 44.2. The number of rotatable bonds is 7. The summed E-state index contributed by atoms with van der Waals surface area (Å²) in [6.45, 7) is 17.8. The minimum absolute atomic E-state index is 0.371. The van der Waals surface area contributed by atoms with Crippen molar-refractivity contribution in [3.63, 3.8) is 0 Å². The van der Waals surface area contributed by atoms with Gasteiger partial charge in [-0.3, -0.25) is 13.5 Å². The number of halogens is 1. The van der Waals surface area contributed by atoms with Gasteiger partial charge in [-0.15, -0.1) is 0 Å². The Labute approximate surface area is 335 Å². The van der Waals surface area contributed by atoms with Crippen LogP contribution in [0.5, 0.6) is 0 Å². The molecule has 3 aliphatic rings. The average molecular weight is 839 g/mol. The number of nitrogen functional groups attached to an aromatic ring is 1. The molecule has 0 amide bonds. The average Bonchev–Trinajstić information content (AvgIpc) is 3.70. The normalized spacial score (nSPS) is 19.1. The quantitative estimate of drug-likeness (QED) is 0.0489. The van der Waals surface area contributed by atoms with Gasteiger partial charge in [0.15, 0.2) is 6.08 Å². The van der Waals surface area contributed by atoms with Gasteiger partial charge >= 0.3 is 27.0 Å². The summed E-state index contributed by atoms with van der Waals surface area (Å²) in [7, 11) is 7.82. The molecule has 6 nitrogen and oxygen atoms in total. The van der Waals surface area contributed by atoms with Gasteiger partial charge in [-0.05, 0) is 88.1 Å². The Kier molecular flexibility index (Phi) is 21.5. The van der Waals surface area contributed by atoms with Crippen LogP contribution in [0.2, 0.25) is 0 Å². The van der Waals surface area contributed by atoms with Crippen molar-refractivity contribution in [2.75, 3.05) is 50.3 Å². The number of hydrogen-bond donors (Lipinski definition) is 2. The molecule has 3 fully saturated rings. The maximum absolute atomic E-state index is 5.36. The van der Waals surface area contributed by atoms with Gasteiger partial charge in [-0.2, -0.15) is 4.67 Å². The molecule has 4 aromatic rings. The van der Waals surface area contributed by atoms with E-state index >= 15 is 0 Å². The number of hydrogen-bond acceptors (Lipinski definition) is 6. The summed E-state index contributed by atoms with van der Waals surface area (Å²) in [5.74, 6) is 0. The van der Waals surface area contributed by atoms with Crippen LogP contribution in [-0.2, 0) is 17.3 Å². The second-order valence-corrected chi connectivity index (χ2v) is 15.1. The number of anilines is 2. The van der Waals surface area contributed by atoms with Crippen molar-refractivity contribution in [1.29, 1.82) is 0 Å². The number of para-hydroxylation sites is 2. The van der Waals surface area contributed by atoms with E-state index in [1.807, 2.05) is 85.8 Å². The van der Waals surface area contributed by atoms with Crippen molar-refractivity contribution in [3.8, 4) is 0 Å². The Morgan fingerprint density at radius 1 is 0.755 bits per heavy atom. The fourth-order valence-electron chi connectivity index (χ4n) is 6.45. The van der Waals surface area contributed by atoms with Crippen molar-refractivity contribution in [2.45, 2.75) is 39.1 Å². The molecule has 0 saturated carbocycles. The predicted molar refractivity (Wildman–Crippen MR) is 229 cm³/mol. The summed E-state index contributed by atoms with van der Waals surface area (Å²) in [4.78, 5) is 7.51. The van der Waals surface area contributed by atoms with E-state index in [0.29, 0.717) is 18.4 Å². The molecule has 0 bridgehead atoms. The molecule has 3 unspecified atom stereocenters. The standard InChI is InChI=1S/C22H27N4P.C11H15N.C6H7N.C5H7.ClH.Rh/c1-23-12-13-24-14-15-25-16-17-26(22(25)18-21(23)24)27(19-8-4-2-5-9-19)20-10-6-3-7-11-20;1-3-7-10(2)12-11-8-5-4-6-9-11;7-6-4-2-1-3-5-6;1-3-5-4-2;;/h2-11,18,21-22H,1,12-17H2;3-10,12H,1-2H3;1-5H,7H2;1,3-5H,2H3;1H;/q-2;;;+1;;+3/b;7-3+;;5-4+;;. The molecular formula is C44H57ClN6PRh+2. The fourth-order valence-corrected chi connectivity index (χ4v) is 9.30. The second kappa shape index (κ2) is 25.7. The van der Waals surface area contributed by atoms with E-state index in [4.69, 9.17) is 12.3 Å². The minimum atomic E-state index is -1.00. The first-order valence-electron chi connectivity index (χ1n) is 18.1. The van der Waals surface area contributed by atoms with E-state index in [0.717, 1.165) is 45.0 Å². The third-order valence-electron chi connectivity index (χ3n) is 8.90. The fraction of sp³-hybridized carbons (Fsp3) is 0.273. The summed E-state index contributed by atoms with van der Waals surface area (Å²) in [5, 5.41) is 6.31. The number of nitrogens with two attached hydrogens (primary N) is 1. The first-order valence-corrected chi connectivity index (χ1v) is 21.7. The molecule has 3 aliphatic heterocycles. The third kappa shape index (κ3) is 14.9. The molecule has 3 atom stereocenters. The molecule has 282 valence electrons. The van der Waals surface area contributed by atoms with E-state index in [1.165, 1.54) is 22.4 Å². The first-order chi connectivity index (χ1) is 25.9. The molecule has 53 heavy (non-hydrogen) atoms. The molecule has 9 heteroatoms. The summed E-state index contributed by atoms with van der Waals surface area (Å²) < 4.78 is 2.78. The monoisotopic (exact) mass is 838 g/mol. The summed E-state index contributed by atoms with van der Waals surface area (Å²) in [5.41, 5.74) is 7.35. The van der Waals surface area contributed by atoms with Gasteiger partial charge in [0, 0.05) is 56.7 Å². The van der Waals surface area contributed by atoms with Crippen molar-refractivity contribution in [2.24, 2.45) is 0 Å². The van der Waals surface area contributed by atoms with Gasteiger partial charge in [0.1, 0.15) is 18.7 Å². The zero-order chi connectivity index (χ0) is 38.3.